The predicted molar refractivity (Wildman–Crippen MR) is 112 cm³/mol. The fraction of sp³-hybridized carbons (Fsp3) is 0.316. The molecule has 0 fully saturated rings. The van der Waals surface area contributed by atoms with Crippen LogP contribution in [0.3, 0.4) is 0 Å². The third-order valence-corrected chi connectivity index (χ3v) is 6.55. The lowest BCUT2D eigenvalue weighted by atomic mass is 10.2. The van der Waals surface area contributed by atoms with Crippen molar-refractivity contribution in [3.8, 4) is 5.75 Å². The van der Waals surface area contributed by atoms with E-state index in [-0.39, 0.29) is 16.7 Å². The number of thioether (sulfide) groups is 1. The minimum absolute atomic E-state index is 0.122. The van der Waals surface area contributed by atoms with Gasteiger partial charge in [0.2, 0.25) is 5.91 Å². The second-order valence-corrected chi connectivity index (χ2v) is 8.65. The summed E-state index contributed by atoms with van der Waals surface area (Å²) in [6, 6.07) is 7.27. The smallest absolute Gasteiger partial charge is 0.259 e. The molecule has 0 aliphatic heterocycles. The zero-order valence-electron chi connectivity index (χ0n) is 15.6. The average Bonchev–Trinajstić information content (AvgIpc) is 2.94. The van der Waals surface area contributed by atoms with Gasteiger partial charge < -0.3 is 15.0 Å². The molecule has 0 aliphatic carbocycles. The number of rotatable bonds is 6. The van der Waals surface area contributed by atoms with Gasteiger partial charge in [-0.05, 0) is 38.5 Å². The monoisotopic (exact) mass is 403 g/mol. The number of hydrogen-bond acceptors (Lipinski definition) is 6. The topological polar surface area (TPSA) is 84.1 Å². The van der Waals surface area contributed by atoms with Crippen LogP contribution >= 0.6 is 23.1 Å². The third-order valence-electron chi connectivity index (χ3n) is 4.29. The number of thiophene rings is 1. The van der Waals surface area contributed by atoms with Crippen LogP contribution in [0.5, 0.6) is 5.75 Å². The van der Waals surface area contributed by atoms with Crippen molar-refractivity contribution in [1.82, 2.24) is 9.97 Å². The first kappa shape index (κ1) is 19.4. The lowest BCUT2D eigenvalue weighted by Gasteiger charge is -2.14. The summed E-state index contributed by atoms with van der Waals surface area (Å²) in [5, 5.41) is 3.22. The number of nitrogens with one attached hydrogen (secondary N) is 2. The summed E-state index contributed by atoms with van der Waals surface area (Å²) < 4.78 is 5.25. The molecular weight excluding hydrogens is 382 g/mol. The van der Waals surface area contributed by atoms with Gasteiger partial charge in [0.05, 0.1) is 29.2 Å². The third kappa shape index (κ3) is 4.17. The van der Waals surface area contributed by atoms with Crippen LogP contribution in [-0.4, -0.2) is 28.2 Å². The van der Waals surface area contributed by atoms with Crippen molar-refractivity contribution in [3.63, 3.8) is 0 Å². The van der Waals surface area contributed by atoms with Crippen LogP contribution in [0, 0.1) is 13.8 Å². The van der Waals surface area contributed by atoms with Crippen LogP contribution in [0.25, 0.3) is 10.2 Å². The number of para-hydroxylation sites is 2. The molecule has 0 unspecified atom stereocenters. The maximum Gasteiger partial charge on any atom is 0.259 e. The van der Waals surface area contributed by atoms with Gasteiger partial charge in [0.1, 0.15) is 16.4 Å². The highest BCUT2D eigenvalue weighted by Gasteiger charge is 2.17. The predicted octanol–water partition coefficient (Wildman–Crippen LogP) is 3.87. The summed E-state index contributed by atoms with van der Waals surface area (Å²) in [4.78, 5) is 34.0. The summed E-state index contributed by atoms with van der Waals surface area (Å²) in [5.74, 6) is 1.51. The Bertz CT molecular complexity index is 1040. The first-order valence-electron chi connectivity index (χ1n) is 8.45. The van der Waals surface area contributed by atoms with Crippen LogP contribution in [0.1, 0.15) is 23.2 Å². The van der Waals surface area contributed by atoms with Crippen LogP contribution in [0.15, 0.2) is 29.1 Å². The molecule has 0 spiro atoms. The summed E-state index contributed by atoms with van der Waals surface area (Å²) in [7, 11) is 1.56. The molecule has 1 aromatic carbocycles. The van der Waals surface area contributed by atoms with Crippen molar-refractivity contribution in [2.45, 2.75) is 31.8 Å². The zero-order valence-corrected chi connectivity index (χ0v) is 17.2. The fourth-order valence-corrected chi connectivity index (χ4v) is 4.43. The van der Waals surface area contributed by atoms with E-state index >= 15 is 0 Å². The highest BCUT2D eigenvalue weighted by Crippen LogP contribution is 2.27. The number of ether oxygens (including phenoxy) is 1. The van der Waals surface area contributed by atoms with Crippen molar-refractivity contribution in [1.29, 1.82) is 0 Å². The molecule has 2 N–H and O–H groups in total. The van der Waals surface area contributed by atoms with Gasteiger partial charge in [-0.15, -0.1) is 23.1 Å². The molecule has 2 aromatic heterocycles. The fourth-order valence-electron chi connectivity index (χ4n) is 2.63. The molecule has 6 nitrogen and oxygen atoms in total. The van der Waals surface area contributed by atoms with Gasteiger partial charge >= 0.3 is 0 Å². The van der Waals surface area contributed by atoms with E-state index in [2.05, 4.69) is 15.3 Å². The Labute approximate surface area is 165 Å². The number of anilines is 1. The van der Waals surface area contributed by atoms with Crippen molar-refractivity contribution >= 4 is 44.9 Å². The van der Waals surface area contributed by atoms with E-state index in [4.69, 9.17) is 4.74 Å². The molecule has 27 heavy (non-hydrogen) atoms. The van der Waals surface area contributed by atoms with Crippen molar-refractivity contribution in [2.75, 3.05) is 12.4 Å². The largest absolute Gasteiger partial charge is 0.495 e. The van der Waals surface area contributed by atoms with Gasteiger partial charge in [-0.1, -0.05) is 12.1 Å². The summed E-state index contributed by atoms with van der Waals surface area (Å²) in [5.41, 5.74) is 1.49. The minimum Gasteiger partial charge on any atom is -0.495 e. The summed E-state index contributed by atoms with van der Waals surface area (Å²) in [6.07, 6.45) is 0. The van der Waals surface area contributed by atoms with E-state index in [1.165, 1.54) is 23.1 Å². The number of carbonyl (C=O) groups is 1. The molecule has 3 rings (SSSR count). The summed E-state index contributed by atoms with van der Waals surface area (Å²) in [6.45, 7) is 5.75. The van der Waals surface area contributed by atoms with Crippen LogP contribution < -0.4 is 15.6 Å². The van der Waals surface area contributed by atoms with Gasteiger partial charge in [-0.25, -0.2) is 4.98 Å². The Kier molecular flexibility index (Phi) is 5.86. The Hall–Kier alpha value is -2.32. The van der Waals surface area contributed by atoms with Gasteiger partial charge in [0, 0.05) is 4.88 Å². The molecule has 0 bridgehead atoms. The number of hydrogen-bond donors (Lipinski definition) is 2. The second-order valence-electron chi connectivity index (χ2n) is 6.12. The van der Waals surface area contributed by atoms with Crippen molar-refractivity contribution in [3.05, 3.63) is 50.9 Å². The molecule has 3 aromatic rings. The van der Waals surface area contributed by atoms with E-state index in [0.717, 1.165) is 15.3 Å². The van der Waals surface area contributed by atoms with Gasteiger partial charge in [-0.3, -0.25) is 9.59 Å². The maximum atomic E-state index is 12.5. The lowest BCUT2D eigenvalue weighted by Crippen LogP contribution is -2.23. The number of fused-ring (bicyclic) bond motifs is 1. The standard InChI is InChI=1S/C19H21N3O3S2/c1-10-11(2)27-19-16(10)18(24)21-15(22-19)9-26-12(3)17(23)20-13-7-5-6-8-14(13)25-4/h5-8,12H,9H2,1-4H3,(H,20,23)(H,21,22,24)/t12-/m1/s1. The molecule has 0 saturated heterocycles. The second kappa shape index (κ2) is 8.14. The average molecular weight is 404 g/mol. The first-order chi connectivity index (χ1) is 12.9. The highest BCUT2D eigenvalue weighted by molar-refractivity contribution is 7.99. The number of aromatic amines is 1. The van der Waals surface area contributed by atoms with E-state index in [1.807, 2.05) is 32.9 Å². The molecule has 0 aliphatic rings. The number of aryl methyl sites for hydroxylation is 2. The van der Waals surface area contributed by atoms with Crippen molar-refractivity contribution in [2.24, 2.45) is 0 Å². The number of carbonyl (C=O) groups excluding carboxylic acids is 1. The SMILES string of the molecule is COc1ccccc1NC(=O)[C@@H](C)SCc1nc2sc(C)c(C)c2c(=O)[nH]1. The Morgan fingerprint density at radius 1 is 1.37 bits per heavy atom. The Balaban J connectivity index is 1.68. The normalized spacial score (nSPS) is 12.1. The van der Waals surface area contributed by atoms with Gasteiger partial charge in [-0.2, -0.15) is 0 Å². The van der Waals surface area contributed by atoms with Crippen molar-refractivity contribution < 1.29 is 9.53 Å². The van der Waals surface area contributed by atoms with Gasteiger partial charge in [0.15, 0.2) is 0 Å². The van der Waals surface area contributed by atoms with E-state index in [9.17, 15) is 9.59 Å². The molecule has 8 heteroatoms. The number of aromatic nitrogens is 2. The Morgan fingerprint density at radius 2 is 2.11 bits per heavy atom. The van der Waals surface area contributed by atoms with Crippen LogP contribution in [-0.2, 0) is 10.5 Å². The highest BCUT2D eigenvalue weighted by atomic mass is 32.2. The number of methoxy groups -OCH3 is 1. The summed E-state index contributed by atoms with van der Waals surface area (Å²) >= 11 is 2.94. The molecule has 1 atom stereocenters. The molecule has 142 valence electrons. The van der Waals surface area contributed by atoms with Crippen LogP contribution in [0.4, 0.5) is 5.69 Å². The number of amides is 1. The Morgan fingerprint density at radius 3 is 2.85 bits per heavy atom. The first-order valence-corrected chi connectivity index (χ1v) is 10.3. The lowest BCUT2D eigenvalue weighted by molar-refractivity contribution is -0.115. The molecular formula is C19H21N3O3S2. The molecule has 2 heterocycles. The van der Waals surface area contributed by atoms with E-state index in [1.54, 1.807) is 19.2 Å². The zero-order chi connectivity index (χ0) is 19.6. The molecule has 0 saturated carbocycles. The minimum atomic E-state index is -0.317. The number of H-pyrrole nitrogens is 1. The number of benzene rings is 1. The van der Waals surface area contributed by atoms with Gasteiger partial charge in [0.25, 0.3) is 5.56 Å². The van der Waals surface area contributed by atoms with Crippen LogP contribution in [0.2, 0.25) is 0 Å². The molecule has 0 radical (unpaired) electrons. The number of nitrogens with zero attached hydrogens (tertiary/aromatic N) is 1. The quantitative estimate of drug-likeness (QED) is 0.653. The van der Waals surface area contributed by atoms with E-state index < -0.39 is 0 Å². The van der Waals surface area contributed by atoms with E-state index in [0.29, 0.717) is 28.4 Å². The molecule has 1 amide bonds. The maximum absolute atomic E-state index is 12.5.